The van der Waals surface area contributed by atoms with Crippen LogP contribution in [0.3, 0.4) is 0 Å². The Morgan fingerprint density at radius 3 is 2.89 bits per heavy atom. The van der Waals surface area contributed by atoms with Gasteiger partial charge in [0.1, 0.15) is 17.2 Å². The van der Waals surface area contributed by atoms with Crippen LogP contribution >= 0.6 is 11.6 Å². The molecule has 0 aliphatic carbocycles. The van der Waals surface area contributed by atoms with Gasteiger partial charge < -0.3 is 10.3 Å². The Labute approximate surface area is 106 Å². The van der Waals surface area contributed by atoms with Crippen LogP contribution in [-0.4, -0.2) is 25.3 Å². The predicted molar refractivity (Wildman–Crippen MR) is 64.5 cm³/mol. The number of nitrogens with two attached hydrogens (primary N) is 1. The highest BCUT2D eigenvalue weighted by atomic mass is 35.5. The summed E-state index contributed by atoms with van der Waals surface area (Å²) in [4.78, 5) is 8.28. The average molecular weight is 263 g/mol. The maximum absolute atomic E-state index is 5.75. The number of rotatable bonds is 2. The third kappa shape index (κ3) is 1.91. The summed E-state index contributed by atoms with van der Waals surface area (Å²) < 4.78 is 5.09. The van der Waals surface area contributed by atoms with E-state index < -0.39 is 0 Å². The maximum atomic E-state index is 5.75. The fourth-order valence-corrected chi connectivity index (χ4v) is 1.50. The molecule has 0 fully saturated rings. The van der Waals surface area contributed by atoms with Gasteiger partial charge in [-0.1, -0.05) is 16.8 Å². The van der Waals surface area contributed by atoms with Gasteiger partial charge in [0.05, 0.1) is 5.02 Å². The molecule has 0 bridgehead atoms. The van der Waals surface area contributed by atoms with Gasteiger partial charge in [-0.15, -0.1) is 0 Å². The molecular formula is C10H7ClN6O. The second-order valence-electron chi connectivity index (χ2n) is 3.49. The first-order valence-electron chi connectivity index (χ1n) is 4.99. The van der Waals surface area contributed by atoms with E-state index in [1.807, 2.05) is 0 Å². The van der Waals surface area contributed by atoms with Crippen molar-refractivity contribution in [3.8, 4) is 23.1 Å². The zero-order chi connectivity index (χ0) is 12.5. The molecule has 0 atom stereocenters. The van der Waals surface area contributed by atoms with Crippen LogP contribution in [0.2, 0.25) is 5.02 Å². The molecule has 90 valence electrons. The summed E-state index contributed by atoms with van der Waals surface area (Å²) in [7, 11) is 0. The van der Waals surface area contributed by atoms with Gasteiger partial charge in [-0.3, -0.25) is 10.1 Å². The second kappa shape index (κ2) is 4.11. The Morgan fingerprint density at radius 2 is 2.22 bits per heavy atom. The molecule has 3 aromatic heterocycles. The van der Waals surface area contributed by atoms with Crippen molar-refractivity contribution in [1.82, 2.24) is 25.3 Å². The molecule has 3 aromatic rings. The third-order valence-corrected chi connectivity index (χ3v) is 2.43. The highest BCUT2D eigenvalue weighted by Crippen LogP contribution is 2.21. The predicted octanol–water partition coefficient (Wildman–Crippen LogP) is 1.76. The number of anilines is 1. The summed E-state index contributed by atoms with van der Waals surface area (Å²) in [6, 6.07) is 5.01. The van der Waals surface area contributed by atoms with Crippen LogP contribution in [0.25, 0.3) is 23.1 Å². The molecule has 7 nitrogen and oxygen atoms in total. The standard InChI is InChI=1S/C10H7ClN6O/c11-5-1-2-6(13-4-5)9-14-10(18-17-9)7-3-8(12)16-15-7/h1-4H,(H3,12,15,16). The number of halogens is 1. The number of nitrogens with one attached hydrogen (secondary N) is 1. The largest absolute Gasteiger partial charge is 0.382 e. The van der Waals surface area contributed by atoms with Gasteiger partial charge in [-0.05, 0) is 12.1 Å². The van der Waals surface area contributed by atoms with Gasteiger partial charge >= 0.3 is 0 Å². The minimum atomic E-state index is 0.297. The van der Waals surface area contributed by atoms with E-state index >= 15 is 0 Å². The van der Waals surface area contributed by atoms with E-state index in [9.17, 15) is 0 Å². The fraction of sp³-hybridized carbons (Fsp3) is 0. The van der Waals surface area contributed by atoms with E-state index in [-0.39, 0.29) is 0 Å². The molecule has 3 rings (SSSR count). The van der Waals surface area contributed by atoms with Gasteiger partial charge in [0.2, 0.25) is 5.82 Å². The fourth-order valence-electron chi connectivity index (χ4n) is 1.39. The molecule has 0 amide bonds. The molecule has 8 heteroatoms. The Kier molecular flexibility index (Phi) is 2.45. The Bertz CT molecular complexity index is 674. The van der Waals surface area contributed by atoms with Crippen molar-refractivity contribution in [3.63, 3.8) is 0 Å². The minimum absolute atomic E-state index is 0.297. The summed E-state index contributed by atoms with van der Waals surface area (Å²) in [5, 5.41) is 10.8. The van der Waals surface area contributed by atoms with Crippen LogP contribution in [0.1, 0.15) is 0 Å². The van der Waals surface area contributed by atoms with Crippen molar-refractivity contribution in [2.45, 2.75) is 0 Å². The van der Waals surface area contributed by atoms with Gasteiger partial charge in [0.25, 0.3) is 5.89 Å². The first-order valence-corrected chi connectivity index (χ1v) is 5.37. The van der Waals surface area contributed by atoms with Gasteiger partial charge in [0, 0.05) is 12.3 Å². The molecule has 0 radical (unpaired) electrons. The number of nitrogens with zero attached hydrogens (tertiary/aromatic N) is 4. The van der Waals surface area contributed by atoms with Crippen molar-refractivity contribution in [1.29, 1.82) is 0 Å². The SMILES string of the molecule is Nc1cc(-c2nc(-c3ccc(Cl)cn3)no2)[nH]n1. The lowest BCUT2D eigenvalue weighted by atomic mass is 10.3. The van der Waals surface area contributed by atoms with E-state index in [2.05, 4.69) is 25.3 Å². The molecule has 0 unspecified atom stereocenters. The maximum Gasteiger partial charge on any atom is 0.276 e. The van der Waals surface area contributed by atoms with Crippen molar-refractivity contribution in [3.05, 3.63) is 29.4 Å². The van der Waals surface area contributed by atoms with Crippen LogP contribution in [0, 0.1) is 0 Å². The lowest BCUT2D eigenvalue weighted by Crippen LogP contribution is -1.85. The summed E-state index contributed by atoms with van der Waals surface area (Å²) in [6.45, 7) is 0. The lowest BCUT2D eigenvalue weighted by Gasteiger charge is -1.92. The lowest BCUT2D eigenvalue weighted by molar-refractivity contribution is 0.430. The smallest absolute Gasteiger partial charge is 0.276 e. The molecule has 0 saturated heterocycles. The Balaban J connectivity index is 1.96. The molecule has 0 aliphatic rings. The summed E-state index contributed by atoms with van der Waals surface area (Å²) in [5.41, 5.74) is 6.62. The van der Waals surface area contributed by atoms with Gasteiger partial charge in [0.15, 0.2) is 0 Å². The third-order valence-electron chi connectivity index (χ3n) is 2.21. The second-order valence-corrected chi connectivity index (χ2v) is 3.93. The zero-order valence-electron chi connectivity index (χ0n) is 8.96. The number of hydrogen-bond donors (Lipinski definition) is 2. The van der Waals surface area contributed by atoms with Crippen molar-refractivity contribution < 1.29 is 4.52 Å². The number of pyridine rings is 1. The van der Waals surface area contributed by atoms with Crippen LogP contribution in [0.4, 0.5) is 5.82 Å². The molecule has 0 saturated carbocycles. The molecule has 3 heterocycles. The number of aromatic amines is 1. The van der Waals surface area contributed by atoms with E-state index in [0.29, 0.717) is 33.9 Å². The van der Waals surface area contributed by atoms with E-state index in [4.69, 9.17) is 21.9 Å². The first-order chi connectivity index (χ1) is 8.72. The highest BCUT2D eigenvalue weighted by Gasteiger charge is 2.13. The van der Waals surface area contributed by atoms with E-state index in [1.54, 1.807) is 18.2 Å². The van der Waals surface area contributed by atoms with Gasteiger partial charge in [-0.25, -0.2) is 0 Å². The molecule has 0 spiro atoms. The Hall–Kier alpha value is -2.41. The molecule has 0 aliphatic heterocycles. The normalized spacial score (nSPS) is 10.7. The Morgan fingerprint density at radius 1 is 1.33 bits per heavy atom. The minimum Gasteiger partial charge on any atom is -0.382 e. The molecular weight excluding hydrogens is 256 g/mol. The zero-order valence-corrected chi connectivity index (χ0v) is 9.72. The molecule has 0 aromatic carbocycles. The number of aromatic nitrogens is 5. The first kappa shape index (κ1) is 10.7. The van der Waals surface area contributed by atoms with Crippen molar-refractivity contribution >= 4 is 17.4 Å². The summed E-state index contributed by atoms with van der Waals surface area (Å²) >= 11 is 5.75. The van der Waals surface area contributed by atoms with Crippen LogP contribution in [-0.2, 0) is 0 Å². The quantitative estimate of drug-likeness (QED) is 0.729. The van der Waals surface area contributed by atoms with Crippen LogP contribution in [0.15, 0.2) is 28.9 Å². The molecule has 3 N–H and O–H groups in total. The van der Waals surface area contributed by atoms with Crippen molar-refractivity contribution in [2.75, 3.05) is 5.73 Å². The van der Waals surface area contributed by atoms with E-state index in [1.165, 1.54) is 6.20 Å². The number of nitrogen functional groups attached to an aromatic ring is 1. The average Bonchev–Trinajstić information content (AvgIpc) is 2.98. The van der Waals surface area contributed by atoms with Crippen LogP contribution in [0.5, 0.6) is 0 Å². The van der Waals surface area contributed by atoms with Crippen molar-refractivity contribution in [2.24, 2.45) is 0 Å². The summed E-state index contributed by atoms with van der Waals surface area (Å²) in [6.07, 6.45) is 1.51. The summed E-state index contributed by atoms with van der Waals surface area (Å²) in [5.74, 6) is 1.02. The number of H-pyrrole nitrogens is 1. The van der Waals surface area contributed by atoms with Crippen LogP contribution < -0.4 is 5.73 Å². The number of hydrogen-bond acceptors (Lipinski definition) is 6. The van der Waals surface area contributed by atoms with Gasteiger partial charge in [-0.2, -0.15) is 10.1 Å². The van der Waals surface area contributed by atoms with E-state index in [0.717, 1.165) is 0 Å². The topological polar surface area (TPSA) is 107 Å². The highest BCUT2D eigenvalue weighted by molar-refractivity contribution is 6.30. The molecule has 18 heavy (non-hydrogen) atoms. The monoisotopic (exact) mass is 262 g/mol.